The molecule has 0 fully saturated rings. The predicted octanol–water partition coefficient (Wildman–Crippen LogP) is 2.62. The van der Waals surface area contributed by atoms with Crippen LogP contribution in [0.25, 0.3) is 0 Å². The summed E-state index contributed by atoms with van der Waals surface area (Å²) >= 11 is 0.714. The zero-order valence-corrected chi connectivity index (χ0v) is 13.8. The van der Waals surface area contributed by atoms with E-state index in [0.29, 0.717) is 55.4 Å². The summed E-state index contributed by atoms with van der Waals surface area (Å²) in [6.07, 6.45) is 7.79. The Morgan fingerprint density at radius 1 is 0.824 bits per heavy atom. The summed E-state index contributed by atoms with van der Waals surface area (Å²) in [5.74, 6) is -1.40. The van der Waals surface area contributed by atoms with Gasteiger partial charge in [-0.05, 0) is 0 Å². The van der Waals surface area contributed by atoms with Crippen molar-refractivity contribution in [2.45, 2.75) is 57.8 Å². The quantitative estimate of drug-likeness (QED) is 0.446. The molecule has 4 nitrogen and oxygen atoms in total. The summed E-state index contributed by atoms with van der Waals surface area (Å²) in [7, 11) is 0. The summed E-state index contributed by atoms with van der Waals surface area (Å²) in [5, 5.41) is 17.0. The van der Waals surface area contributed by atoms with Crippen LogP contribution < -0.4 is 0 Å². The molecule has 0 aromatic heterocycles. The molecule has 0 saturated heterocycles. The summed E-state index contributed by atoms with van der Waals surface area (Å²) < 4.78 is 0.664. The fraction of sp³-hybridized carbons (Fsp3) is 0.833. The summed E-state index contributed by atoms with van der Waals surface area (Å²) in [6, 6.07) is 0. The van der Waals surface area contributed by atoms with Crippen molar-refractivity contribution < 1.29 is 19.8 Å². The van der Waals surface area contributed by atoms with Gasteiger partial charge in [0.2, 0.25) is 0 Å². The molecule has 0 spiro atoms. The number of rotatable bonds is 11. The zero-order chi connectivity index (χ0) is 13.1. The van der Waals surface area contributed by atoms with Crippen LogP contribution in [0, 0.1) is 0 Å². The van der Waals surface area contributed by atoms with Crippen LogP contribution in [-0.2, 0) is 9.59 Å². The minimum absolute atomic E-state index is 0.282. The van der Waals surface area contributed by atoms with Crippen molar-refractivity contribution in [3.63, 3.8) is 0 Å². The van der Waals surface area contributed by atoms with Crippen LogP contribution in [0.2, 0.25) is 0.0125 Å². The molecule has 94 valence electrons. The molecule has 0 aliphatic heterocycles. The fourth-order valence-electron chi connectivity index (χ4n) is 1.81. The van der Waals surface area contributed by atoms with Gasteiger partial charge >= 0.3 is 138 Å². The van der Waals surface area contributed by atoms with Crippen LogP contribution in [0.3, 0.4) is 0 Å². The predicted molar refractivity (Wildman–Crippen MR) is 66.3 cm³/mol. The van der Waals surface area contributed by atoms with Crippen LogP contribution in [0.5, 0.6) is 0 Å². The first-order valence-electron chi connectivity index (χ1n) is 6.46. The van der Waals surface area contributed by atoms with E-state index in [9.17, 15) is 9.59 Å². The molecule has 2 N–H and O–H groups in total. The van der Waals surface area contributed by atoms with Crippen LogP contribution in [0.4, 0.5) is 0 Å². The van der Waals surface area contributed by atoms with Crippen molar-refractivity contribution in [2.24, 2.45) is 0 Å². The van der Waals surface area contributed by atoms with Gasteiger partial charge in [0.05, 0.1) is 0 Å². The van der Waals surface area contributed by atoms with Crippen LogP contribution in [0.15, 0.2) is 0 Å². The molecule has 0 aliphatic rings. The second-order valence-corrected chi connectivity index (χ2v) is 7.29. The van der Waals surface area contributed by atoms with Crippen molar-refractivity contribution in [2.75, 3.05) is 0 Å². The SMILES string of the molecule is O=C(O)CCCCCCC[CH]([K])CCC(=O)O. The monoisotopic (exact) mass is 268 g/mol. The van der Waals surface area contributed by atoms with E-state index in [2.05, 4.69) is 0 Å². The third-order valence-electron chi connectivity index (χ3n) is 2.94. The Morgan fingerprint density at radius 3 is 1.94 bits per heavy atom. The van der Waals surface area contributed by atoms with Gasteiger partial charge in [-0.1, -0.05) is 0 Å². The fourth-order valence-corrected chi connectivity index (χ4v) is 2.90. The number of carboxylic acids is 2. The average molecular weight is 268 g/mol. The number of unbranched alkanes of at least 4 members (excludes halogenated alkanes) is 4. The van der Waals surface area contributed by atoms with Gasteiger partial charge < -0.3 is 0 Å². The van der Waals surface area contributed by atoms with Gasteiger partial charge in [-0.3, -0.25) is 0 Å². The van der Waals surface area contributed by atoms with Crippen molar-refractivity contribution in [3.8, 4) is 0 Å². The molecular formula is C12H21KO4. The topological polar surface area (TPSA) is 74.6 Å². The first-order chi connectivity index (χ1) is 8.02. The maximum absolute atomic E-state index is 10.4. The van der Waals surface area contributed by atoms with Crippen LogP contribution in [-0.4, -0.2) is 71.1 Å². The first-order valence-corrected chi connectivity index (χ1v) is 8.26. The van der Waals surface area contributed by atoms with E-state index >= 15 is 0 Å². The molecule has 0 aromatic rings. The number of hydrogen-bond donors (Lipinski definition) is 2. The minimum atomic E-state index is -0.708. The molecule has 0 radical (unpaired) electrons. The standard InChI is InChI=1S/C12H21O4.K/c13-11(14)9-7-5-3-1-2-4-6-8-10-12(15)16;/h5H,1-4,6-10H2,(H,13,14)(H,15,16);. The van der Waals surface area contributed by atoms with E-state index < -0.39 is 11.9 Å². The van der Waals surface area contributed by atoms with E-state index in [1.54, 1.807) is 0 Å². The molecule has 5 heteroatoms. The molecule has 17 heavy (non-hydrogen) atoms. The molecule has 0 aromatic carbocycles. The third kappa shape index (κ3) is 14.5. The Balaban J connectivity index is 3.21. The number of carboxylic acid groups (broad SMARTS) is 2. The normalized spacial score (nSPS) is 12.4. The first kappa shape index (κ1) is 17.6. The van der Waals surface area contributed by atoms with E-state index in [4.69, 9.17) is 10.2 Å². The molecule has 1 atom stereocenters. The Morgan fingerprint density at radius 2 is 1.35 bits per heavy atom. The molecule has 0 rings (SSSR count). The van der Waals surface area contributed by atoms with Gasteiger partial charge in [0, 0.05) is 0 Å². The molecule has 0 bridgehead atoms. The number of aliphatic carboxylic acids is 2. The molecule has 0 heterocycles. The zero-order valence-electron chi connectivity index (χ0n) is 10.7. The second kappa shape index (κ2) is 11.7. The van der Waals surface area contributed by atoms with E-state index in [1.807, 2.05) is 0 Å². The van der Waals surface area contributed by atoms with E-state index in [0.717, 1.165) is 38.5 Å². The molecule has 0 aliphatic carbocycles. The summed E-state index contributed by atoms with van der Waals surface area (Å²) in [4.78, 5) is 20.6. The van der Waals surface area contributed by atoms with E-state index in [1.165, 1.54) is 6.42 Å². The van der Waals surface area contributed by atoms with Gasteiger partial charge in [-0.2, -0.15) is 0 Å². The van der Waals surface area contributed by atoms with Gasteiger partial charge in [0.1, 0.15) is 0 Å². The summed E-state index contributed by atoms with van der Waals surface area (Å²) in [6.45, 7) is 0. The Hall–Kier alpha value is 0.576. The van der Waals surface area contributed by atoms with Crippen molar-refractivity contribution in [1.29, 1.82) is 0 Å². The molecular weight excluding hydrogens is 247 g/mol. The van der Waals surface area contributed by atoms with Crippen molar-refractivity contribution in [3.05, 3.63) is 0 Å². The Kier molecular flexibility index (Phi) is 12.0. The van der Waals surface area contributed by atoms with Crippen LogP contribution in [0.1, 0.15) is 57.8 Å². The van der Waals surface area contributed by atoms with Crippen molar-refractivity contribution >= 4 is 60.9 Å². The third-order valence-corrected chi connectivity index (χ3v) is 4.74. The number of hydrogen-bond acceptors (Lipinski definition) is 2. The van der Waals surface area contributed by atoms with Crippen LogP contribution >= 0.6 is 0 Å². The molecule has 0 saturated carbocycles. The number of carbonyl (C=O) groups is 2. The Labute approximate surface area is 137 Å². The Bertz CT molecular complexity index is 231. The average Bonchev–Trinajstić information content (AvgIpc) is 2.24. The maximum atomic E-state index is 10.4. The molecule has 1 unspecified atom stereocenters. The van der Waals surface area contributed by atoms with E-state index in [-0.39, 0.29) is 6.42 Å². The van der Waals surface area contributed by atoms with Gasteiger partial charge in [-0.15, -0.1) is 0 Å². The van der Waals surface area contributed by atoms with Crippen molar-refractivity contribution in [1.82, 2.24) is 0 Å². The summed E-state index contributed by atoms with van der Waals surface area (Å²) in [5.41, 5.74) is 0. The molecule has 0 amide bonds. The van der Waals surface area contributed by atoms with Gasteiger partial charge in [-0.25, -0.2) is 0 Å². The van der Waals surface area contributed by atoms with Gasteiger partial charge in [0.15, 0.2) is 0 Å². The second-order valence-electron chi connectivity index (χ2n) is 4.74. The van der Waals surface area contributed by atoms with Gasteiger partial charge in [0.25, 0.3) is 0 Å².